The van der Waals surface area contributed by atoms with Crippen LogP contribution in [0.5, 0.6) is 0 Å². The van der Waals surface area contributed by atoms with Crippen molar-refractivity contribution in [1.29, 1.82) is 0 Å². The third-order valence-electron chi connectivity index (χ3n) is 5.16. The minimum Gasteiger partial charge on any atom is -0.316 e. The molecule has 0 saturated carbocycles. The van der Waals surface area contributed by atoms with Gasteiger partial charge in [-0.1, -0.05) is 62.8 Å². The third-order valence-corrected chi connectivity index (χ3v) is 5.16. The van der Waals surface area contributed by atoms with Crippen LogP contribution in [0.2, 0.25) is 0 Å². The van der Waals surface area contributed by atoms with Crippen LogP contribution in [0.15, 0.2) is 12.4 Å². The molecule has 0 aromatic carbocycles. The van der Waals surface area contributed by atoms with Gasteiger partial charge in [-0.05, 0) is 55.0 Å². The van der Waals surface area contributed by atoms with E-state index in [4.69, 9.17) is 0 Å². The quantitative estimate of drug-likeness (QED) is 0.737. The van der Waals surface area contributed by atoms with Crippen molar-refractivity contribution in [2.75, 3.05) is 13.1 Å². The molecule has 3 nitrogen and oxygen atoms in total. The smallest absolute Gasteiger partial charge is 0.0615 e. The van der Waals surface area contributed by atoms with Gasteiger partial charge in [0, 0.05) is 12.4 Å². The van der Waals surface area contributed by atoms with Gasteiger partial charge in [0.25, 0.3) is 0 Å². The second kappa shape index (κ2) is 11.6. The SMILES string of the molecule is C.CC(C)C1CNCC(C(C)C)C1.CC(C)c1cncc(C(C)C)n1. The summed E-state index contributed by atoms with van der Waals surface area (Å²) in [6.45, 7) is 20.4. The number of aromatic nitrogens is 2. The summed E-state index contributed by atoms with van der Waals surface area (Å²) in [6.07, 6.45) is 5.12. The van der Waals surface area contributed by atoms with Crippen LogP contribution in [0.3, 0.4) is 0 Å². The molecule has 3 heteroatoms. The third kappa shape index (κ3) is 8.31. The zero-order valence-electron chi connectivity index (χ0n) is 17.1. The fraction of sp³-hybridized carbons (Fsp3) is 0.818. The lowest BCUT2D eigenvalue weighted by atomic mass is 9.79. The highest BCUT2D eigenvalue weighted by Crippen LogP contribution is 2.27. The Hall–Kier alpha value is -0.960. The second-order valence-electron chi connectivity index (χ2n) is 8.58. The van der Waals surface area contributed by atoms with E-state index < -0.39 is 0 Å². The lowest BCUT2D eigenvalue weighted by molar-refractivity contribution is 0.195. The van der Waals surface area contributed by atoms with Crippen molar-refractivity contribution in [1.82, 2.24) is 15.3 Å². The molecule has 1 aromatic rings. The fourth-order valence-electron chi connectivity index (χ4n) is 2.98. The number of hydrogen-bond donors (Lipinski definition) is 1. The highest BCUT2D eigenvalue weighted by Gasteiger charge is 2.25. The summed E-state index contributed by atoms with van der Waals surface area (Å²) in [5.41, 5.74) is 2.17. The first-order chi connectivity index (χ1) is 11.2. The van der Waals surface area contributed by atoms with Gasteiger partial charge in [-0.25, -0.2) is 0 Å². The molecule has 2 unspecified atom stereocenters. The minimum absolute atomic E-state index is 0. The molecule has 1 N–H and O–H groups in total. The van der Waals surface area contributed by atoms with E-state index in [0.717, 1.165) is 35.1 Å². The molecule has 0 spiro atoms. The van der Waals surface area contributed by atoms with Crippen LogP contribution in [-0.4, -0.2) is 23.1 Å². The summed E-state index contributed by atoms with van der Waals surface area (Å²) in [6, 6.07) is 0. The summed E-state index contributed by atoms with van der Waals surface area (Å²) < 4.78 is 0. The van der Waals surface area contributed by atoms with Crippen LogP contribution < -0.4 is 5.32 Å². The number of hydrogen-bond acceptors (Lipinski definition) is 3. The summed E-state index contributed by atoms with van der Waals surface area (Å²) in [4.78, 5) is 8.67. The standard InChI is InChI=1S/C11H23N.C10H16N2.CH4/c1-8(2)10-5-11(9(3)4)7-12-6-10;1-7(2)9-5-11-6-10(12-9)8(3)4;/h8-12H,5-7H2,1-4H3;5-8H,1-4H3;1H4. The first-order valence-electron chi connectivity index (χ1n) is 9.74. The molecule has 1 aliphatic heterocycles. The molecule has 2 rings (SSSR count). The molecule has 0 bridgehead atoms. The molecule has 1 aromatic heterocycles. The average Bonchev–Trinajstić information content (AvgIpc) is 2.55. The van der Waals surface area contributed by atoms with Gasteiger partial charge in [0.2, 0.25) is 0 Å². The molecule has 25 heavy (non-hydrogen) atoms. The van der Waals surface area contributed by atoms with Crippen LogP contribution in [0.25, 0.3) is 0 Å². The van der Waals surface area contributed by atoms with E-state index in [1.165, 1.54) is 19.5 Å². The van der Waals surface area contributed by atoms with Crippen LogP contribution >= 0.6 is 0 Å². The summed E-state index contributed by atoms with van der Waals surface area (Å²) in [7, 11) is 0. The van der Waals surface area contributed by atoms with Gasteiger partial charge in [0.15, 0.2) is 0 Å². The Balaban J connectivity index is 0.000000443. The van der Waals surface area contributed by atoms with Crippen molar-refractivity contribution < 1.29 is 0 Å². The van der Waals surface area contributed by atoms with Crippen molar-refractivity contribution >= 4 is 0 Å². The van der Waals surface area contributed by atoms with E-state index >= 15 is 0 Å². The van der Waals surface area contributed by atoms with Crippen LogP contribution in [0.1, 0.15) is 92.5 Å². The van der Waals surface area contributed by atoms with Crippen LogP contribution in [-0.2, 0) is 0 Å². The van der Waals surface area contributed by atoms with E-state index in [1.54, 1.807) is 0 Å². The molecule has 2 heterocycles. The molecular formula is C22H43N3. The van der Waals surface area contributed by atoms with Crippen molar-refractivity contribution in [3.63, 3.8) is 0 Å². The maximum absolute atomic E-state index is 4.51. The predicted octanol–water partition coefficient (Wildman–Crippen LogP) is 5.88. The Kier molecular flexibility index (Phi) is 11.2. The molecule has 1 saturated heterocycles. The monoisotopic (exact) mass is 349 g/mol. The Morgan fingerprint density at radius 1 is 0.800 bits per heavy atom. The normalized spacial score (nSPS) is 20.5. The van der Waals surface area contributed by atoms with Crippen molar-refractivity contribution in [3.8, 4) is 0 Å². The van der Waals surface area contributed by atoms with E-state index in [-0.39, 0.29) is 7.43 Å². The zero-order valence-corrected chi connectivity index (χ0v) is 17.1. The highest BCUT2D eigenvalue weighted by molar-refractivity contribution is 5.09. The van der Waals surface area contributed by atoms with Crippen molar-refractivity contribution in [2.24, 2.45) is 23.7 Å². The zero-order chi connectivity index (χ0) is 18.3. The number of nitrogens with one attached hydrogen (secondary N) is 1. The van der Waals surface area contributed by atoms with Gasteiger partial charge < -0.3 is 5.32 Å². The van der Waals surface area contributed by atoms with E-state index in [0.29, 0.717) is 11.8 Å². The van der Waals surface area contributed by atoms with Gasteiger partial charge in [0.05, 0.1) is 11.4 Å². The van der Waals surface area contributed by atoms with Crippen LogP contribution in [0, 0.1) is 23.7 Å². The fourth-order valence-corrected chi connectivity index (χ4v) is 2.98. The lowest BCUT2D eigenvalue weighted by Gasteiger charge is -2.34. The van der Waals surface area contributed by atoms with Gasteiger partial charge in [-0.15, -0.1) is 0 Å². The van der Waals surface area contributed by atoms with E-state index in [9.17, 15) is 0 Å². The molecule has 2 atom stereocenters. The average molecular weight is 350 g/mol. The molecule has 1 aliphatic rings. The topological polar surface area (TPSA) is 37.8 Å². The summed E-state index contributed by atoms with van der Waals surface area (Å²) >= 11 is 0. The number of piperidine rings is 1. The second-order valence-corrected chi connectivity index (χ2v) is 8.58. The lowest BCUT2D eigenvalue weighted by Crippen LogP contribution is -2.40. The molecular weight excluding hydrogens is 306 g/mol. The Labute approximate surface area is 157 Å². The maximum Gasteiger partial charge on any atom is 0.0615 e. The highest BCUT2D eigenvalue weighted by atomic mass is 14.9. The minimum atomic E-state index is 0. The first-order valence-corrected chi connectivity index (χ1v) is 9.74. The molecule has 0 amide bonds. The first kappa shape index (κ1) is 24.0. The van der Waals surface area contributed by atoms with Gasteiger partial charge in [-0.3, -0.25) is 9.97 Å². The van der Waals surface area contributed by atoms with Crippen LogP contribution in [0.4, 0.5) is 0 Å². The summed E-state index contributed by atoms with van der Waals surface area (Å²) in [5, 5.41) is 3.55. The maximum atomic E-state index is 4.51. The Bertz CT molecular complexity index is 429. The van der Waals surface area contributed by atoms with E-state index in [2.05, 4.69) is 70.7 Å². The molecule has 1 fully saturated rings. The Morgan fingerprint density at radius 3 is 1.52 bits per heavy atom. The van der Waals surface area contributed by atoms with Crippen molar-refractivity contribution in [3.05, 3.63) is 23.8 Å². The van der Waals surface area contributed by atoms with Gasteiger partial charge >= 0.3 is 0 Å². The predicted molar refractivity (Wildman–Crippen MR) is 111 cm³/mol. The Morgan fingerprint density at radius 2 is 1.20 bits per heavy atom. The van der Waals surface area contributed by atoms with Gasteiger partial charge in [-0.2, -0.15) is 0 Å². The molecule has 0 radical (unpaired) electrons. The van der Waals surface area contributed by atoms with Gasteiger partial charge in [0.1, 0.15) is 0 Å². The molecule has 146 valence electrons. The summed E-state index contributed by atoms with van der Waals surface area (Å²) in [5.74, 6) is 4.45. The number of nitrogens with zero attached hydrogens (tertiary/aromatic N) is 2. The molecule has 0 aliphatic carbocycles. The largest absolute Gasteiger partial charge is 0.316 e. The van der Waals surface area contributed by atoms with E-state index in [1.807, 2.05) is 12.4 Å². The number of rotatable bonds is 4. The van der Waals surface area contributed by atoms with Crippen molar-refractivity contribution in [2.45, 2.75) is 81.1 Å².